The Hall–Kier alpha value is -3.10. The van der Waals surface area contributed by atoms with E-state index in [2.05, 4.69) is 18.9 Å². The van der Waals surface area contributed by atoms with Crippen molar-refractivity contribution >= 4 is 11.6 Å². The molecule has 0 aliphatic carbocycles. The van der Waals surface area contributed by atoms with Crippen LogP contribution in [0.1, 0.15) is 55.5 Å². The summed E-state index contributed by atoms with van der Waals surface area (Å²) >= 11 is 0. The molecule has 0 saturated carbocycles. The lowest BCUT2D eigenvalue weighted by Gasteiger charge is -2.24. The number of ether oxygens (including phenoxy) is 4. The van der Waals surface area contributed by atoms with Crippen LogP contribution in [0.2, 0.25) is 0 Å². The van der Waals surface area contributed by atoms with Gasteiger partial charge in [0.2, 0.25) is 0 Å². The van der Waals surface area contributed by atoms with Crippen LogP contribution in [0.3, 0.4) is 0 Å². The van der Waals surface area contributed by atoms with E-state index in [1.807, 2.05) is 18.2 Å². The van der Waals surface area contributed by atoms with E-state index in [1.54, 1.807) is 36.4 Å². The number of nitrogens with zero attached hydrogens (tertiary/aromatic N) is 2. The van der Waals surface area contributed by atoms with Gasteiger partial charge in [0.25, 0.3) is 5.91 Å². The summed E-state index contributed by atoms with van der Waals surface area (Å²) in [6.07, 6.45) is 3.72. The Morgan fingerprint density at radius 1 is 1.11 bits per heavy atom. The minimum Gasteiger partial charge on any atom is -0.493 e. The van der Waals surface area contributed by atoms with Crippen molar-refractivity contribution in [2.45, 2.75) is 45.6 Å². The molecule has 0 aromatic heterocycles. The van der Waals surface area contributed by atoms with Crippen LogP contribution in [0.5, 0.6) is 17.2 Å². The van der Waals surface area contributed by atoms with Crippen LogP contribution in [-0.2, 0) is 4.74 Å². The van der Waals surface area contributed by atoms with Gasteiger partial charge >= 0.3 is 0 Å². The van der Waals surface area contributed by atoms with Gasteiger partial charge in [-0.2, -0.15) is 5.10 Å². The van der Waals surface area contributed by atoms with Gasteiger partial charge in [-0.25, -0.2) is 5.01 Å². The van der Waals surface area contributed by atoms with Crippen molar-refractivity contribution in [2.75, 3.05) is 40.0 Å². The van der Waals surface area contributed by atoms with Crippen molar-refractivity contribution in [1.82, 2.24) is 5.01 Å². The lowest BCUT2D eigenvalue weighted by atomic mass is 10.0. The quantitative estimate of drug-likeness (QED) is 0.428. The summed E-state index contributed by atoms with van der Waals surface area (Å²) in [5, 5.41) is 6.23. The molecule has 8 nitrogen and oxygen atoms in total. The maximum Gasteiger partial charge on any atom is 0.273 e. The molecule has 1 amide bonds. The lowest BCUT2D eigenvalue weighted by Crippen LogP contribution is -2.32. The summed E-state index contributed by atoms with van der Waals surface area (Å²) in [6.45, 7) is 6.67. The molecule has 3 rings (SSSR count). The topological polar surface area (TPSA) is 95.6 Å². The zero-order valence-corrected chi connectivity index (χ0v) is 21.0. The van der Waals surface area contributed by atoms with Crippen LogP contribution in [0.15, 0.2) is 47.6 Å². The molecule has 0 radical (unpaired) electrons. The monoisotopic (exact) mass is 483 g/mol. The molecule has 1 aliphatic heterocycles. The predicted octanol–water partition coefficient (Wildman–Crippen LogP) is 4.26. The number of methoxy groups -OCH3 is 1. The van der Waals surface area contributed by atoms with E-state index in [0.717, 1.165) is 37.0 Å². The van der Waals surface area contributed by atoms with E-state index in [4.69, 9.17) is 24.7 Å². The summed E-state index contributed by atoms with van der Waals surface area (Å²) in [5.74, 6) is 1.93. The van der Waals surface area contributed by atoms with Gasteiger partial charge in [0, 0.05) is 24.2 Å². The largest absolute Gasteiger partial charge is 0.493 e. The number of nitrogens with two attached hydrogens (primary N) is 1. The second-order valence-corrected chi connectivity index (χ2v) is 8.44. The van der Waals surface area contributed by atoms with Crippen LogP contribution in [-0.4, -0.2) is 62.8 Å². The Labute approximate surface area is 208 Å². The number of benzene rings is 2. The van der Waals surface area contributed by atoms with Crippen molar-refractivity contribution in [2.24, 2.45) is 10.8 Å². The van der Waals surface area contributed by atoms with Gasteiger partial charge in [-0.05, 0) is 68.7 Å². The van der Waals surface area contributed by atoms with E-state index in [9.17, 15) is 4.79 Å². The molecule has 0 saturated heterocycles. The summed E-state index contributed by atoms with van der Waals surface area (Å²) < 4.78 is 22.5. The SMILES string of the molecule is CCCC(C)Oc1cc(C2=NN(C(=O)c3ccc(OCCOCCN)cc3)CCC2)ccc1OC. The van der Waals surface area contributed by atoms with Crippen molar-refractivity contribution in [3.63, 3.8) is 0 Å². The molecule has 1 atom stereocenters. The highest BCUT2D eigenvalue weighted by molar-refractivity contribution is 6.03. The van der Waals surface area contributed by atoms with Gasteiger partial charge in [0.15, 0.2) is 11.5 Å². The standard InChI is InChI=1S/C27H37N3O5/c1-4-6-20(2)35-26-19-22(10-13-25(26)32-3)24-7-5-15-30(29-24)27(31)21-8-11-23(12-9-21)34-18-17-33-16-14-28/h8-13,19-20H,4-7,14-18,28H2,1-3H3. The van der Waals surface area contributed by atoms with Crippen LogP contribution >= 0.6 is 0 Å². The fourth-order valence-corrected chi connectivity index (χ4v) is 3.87. The predicted molar refractivity (Wildman–Crippen MR) is 137 cm³/mol. The zero-order valence-electron chi connectivity index (χ0n) is 21.0. The van der Waals surface area contributed by atoms with E-state index in [1.165, 1.54) is 0 Å². The first-order chi connectivity index (χ1) is 17.0. The molecule has 2 aromatic carbocycles. The van der Waals surface area contributed by atoms with Crippen molar-refractivity contribution < 1.29 is 23.7 Å². The molecule has 1 unspecified atom stereocenters. The smallest absolute Gasteiger partial charge is 0.273 e. The third-order valence-corrected chi connectivity index (χ3v) is 5.64. The highest BCUT2D eigenvalue weighted by Gasteiger charge is 2.22. The normalized spacial score (nSPS) is 14.3. The molecule has 190 valence electrons. The molecule has 2 N–H and O–H groups in total. The molecule has 1 heterocycles. The number of rotatable bonds is 13. The summed E-state index contributed by atoms with van der Waals surface area (Å²) in [7, 11) is 1.64. The first kappa shape index (κ1) is 26.5. The highest BCUT2D eigenvalue weighted by atomic mass is 16.5. The van der Waals surface area contributed by atoms with Gasteiger partial charge in [0.1, 0.15) is 12.4 Å². The van der Waals surface area contributed by atoms with Gasteiger partial charge in [0.05, 0.1) is 32.1 Å². The van der Waals surface area contributed by atoms with Crippen molar-refractivity contribution in [3.05, 3.63) is 53.6 Å². The van der Waals surface area contributed by atoms with E-state index < -0.39 is 0 Å². The van der Waals surface area contributed by atoms with Gasteiger partial charge in [-0.15, -0.1) is 0 Å². The fraction of sp³-hybridized carbons (Fsp3) is 0.481. The average molecular weight is 484 g/mol. The average Bonchev–Trinajstić information content (AvgIpc) is 2.88. The van der Waals surface area contributed by atoms with Gasteiger partial charge in [-0.1, -0.05) is 13.3 Å². The molecule has 35 heavy (non-hydrogen) atoms. The molecule has 1 aliphatic rings. The van der Waals surface area contributed by atoms with Crippen molar-refractivity contribution in [3.8, 4) is 17.2 Å². The summed E-state index contributed by atoms with van der Waals surface area (Å²) in [6, 6.07) is 12.9. The van der Waals surface area contributed by atoms with Gasteiger partial charge in [-0.3, -0.25) is 4.79 Å². The summed E-state index contributed by atoms with van der Waals surface area (Å²) in [4.78, 5) is 13.1. The third-order valence-electron chi connectivity index (χ3n) is 5.64. The Morgan fingerprint density at radius 2 is 1.91 bits per heavy atom. The Morgan fingerprint density at radius 3 is 2.63 bits per heavy atom. The van der Waals surface area contributed by atoms with E-state index in [-0.39, 0.29) is 12.0 Å². The molecular weight excluding hydrogens is 446 g/mol. The van der Waals surface area contributed by atoms with Crippen LogP contribution in [0.4, 0.5) is 0 Å². The Bertz CT molecular complexity index is 977. The van der Waals surface area contributed by atoms with Crippen LogP contribution in [0, 0.1) is 0 Å². The number of amides is 1. The van der Waals surface area contributed by atoms with Crippen LogP contribution in [0.25, 0.3) is 0 Å². The minimum absolute atomic E-state index is 0.0842. The third kappa shape index (κ3) is 7.70. The number of hydrogen-bond acceptors (Lipinski definition) is 7. The number of hydrogen-bond donors (Lipinski definition) is 1. The van der Waals surface area contributed by atoms with Crippen molar-refractivity contribution in [1.29, 1.82) is 0 Å². The Kier molecular flexibility index (Phi) is 10.4. The number of hydrazone groups is 1. The Balaban J connectivity index is 1.68. The molecule has 2 aromatic rings. The second-order valence-electron chi connectivity index (χ2n) is 8.44. The maximum atomic E-state index is 13.1. The summed E-state index contributed by atoms with van der Waals surface area (Å²) in [5.41, 5.74) is 7.75. The molecular formula is C27H37N3O5. The maximum absolute atomic E-state index is 13.1. The lowest BCUT2D eigenvalue weighted by molar-refractivity contribution is 0.0751. The zero-order chi connectivity index (χ0) is 25.0. The molecule has 0 spiro atoms. The van der Waals surface area contributed by atoms with Crippen LogP contribution < -0.4 is 19.9 Å². The first-order valence-corrected chi connectivity index (χ1v) is 12.3. The number of carbonyl (C=O) groups excluding carboxylic acids is 1. The molecule has 8 heteroatoms. The van der Waals surface area contributed by atoms with E-state index in [0.29, 0.717) is 55.7 Å². The number of carbonyl (C=O) groups is 1. The first-order valence-electron chi connectivity index (χ1n) is 12.3. The highest BCUT2D eigenvalue weighted by Crippen LogP contribution is 2.31. The van der Waals surface area contributed by atoms with E-state index >= 15 is 0 Å². The second kappa shape index (κ2) is 13.7. The molecule has 0 bridgehead atoms. The van der Waals surface area contributed by atoms with Gasteiger partial charge < -0.3 is 24.7 Å². The minimum atomic E-state index is -0.137. The fourth-order valence-electron chi connectivity index (χ4n) is 3.87. The molecule has 0 fully saturated rings.